The van der Waals surface area contributed by atoms with Gasteiger partial charge in [0, 0.05) is 16.9 Å². The second kappa shape index (κ2) is 7.33. The van der Waals surface area contributed by atoms with Crippen molar-refractivity contribution in [2.45, 2.75) is 6.92 Å². The van der Waals surface area contributed by atoms with E-state index in [1.165, 1.54) is 18.3 Å². The summed E-state index contributed by atoms with van der Waals surface area (Å²) in [5.74, 6) is -0.0912. The van der Waals surface area contributed by atoms with Crippen molar-refractivity contribution in [2.75, 3.05) is 21.6 Å². The van der Waals surface area contributed by atoms with Gasteiger partial charge < -0.3 is 10.6 Å². The maximum Gasteiger partial charge on any atom is 0.323 e. The Morgan fingerprint density at radius 3 is 2.41 bits per heavy atom. The molecule has 0 aliphatic heterocycles. The van der Waals surface area contributed by atoms with Crippen LogP contribution in [0.5, 0.6) is 0 Å². The zero-order chi connectivity index (χ0) is 19.6. The van der Waals surface area contributed by atoms with Gasteiger partial charge in [-0.05, 0) is 37.3 Å². The van der Waals surface area contributed by atoms with Crippen molar-refractivity contribution in [2.24, 2.45) is 0 Å². The van der Waals surface area contributed by atoms with E-state index in [9.17, 15) is 18.0 Å². The Kier molecular flexibility index (Phi) is 5.10. The minimum Gasteiger partial charge on any atom is -0.308 e. The predicted molar refractivity (Wildman–Crippen MR) is 107 cm³/mol. The van der Waals surface area contributed by atoms with Crippen molar-refractivity contribution < 1.29 is 18.0 Å². The van der Waals surface area contributed by atoms with E-state index in [0.717, 1.165) is 11.0 Å². The molecule has 0 saturated heterocycles. The lowest BCUT2D eigenvalue weighted by Gasteiger charge is -2.08. The molecular formula is C17H16N4O4S2. The van der Waals surface area contributed by atoms with E-state index in [0.29, 0.717) is 22.5 Å². The second-order valence-corrected chi connectivity index (χ2v) is 8.57. The van der Waals surface area contributed by atoms with E-state index in [4.69, 9.17) is 0 Å². The molecule has 0 unspecified atom stereocenters. The molecule has 0 aliphatic rings. The fourth-order valence-electron chi connectivity index (χ4n) is 2.32. The standard InChI is InChI=1S/C17H16N4O4S2/c1-10(22)11-4-3-5-12(8-11)18-16(23)19-13-6-7-15-14(9-13)20-17(26-15)21-27(2,24)25/h3-9H,1-2H3,(H,20,21)(H2,18,19,23). The summed E-state index contributed by atoms with van der Waals surface area (Å²) < 4.78 is 25.7. The van der Waals surface area contributed by atoms with Gasteiger partial charge in [0.25, 0.3) is 0 Å². The van der Waals surface area contributed by atoms with Crippen LogP contribution in [0.4, 0.5) is 21.3 Å². The Labute approximate surface area is 159 Å². The number of aromatic nitrogens is 1. The highest BCUT2D eigenvalue weighted by Crippen LogP contribution is 2.28. The van der Waals surface area contributed by atoms with Crippen LogP contribution < -0.4 is 15.4 Å². The number of nitrogens with one attached hydrogen (secondary N) is 3. The van der Waals surface area contributed by atoms with Gasteiger partial charge in [-0.3, -0.25) is 9.52 Å². The Balaban J connectivity index is 1.73. The molecule has 3 N–H and O–H groups in total. The first-order valence-corrected chi connectivity index (χ1v) is 10.5. The number of urea groups is 1. The Morgan fingerprint density at radius 1 is 1.04 bits per heavy atom. The molecule has 0 spiro atoms. The van der Waals surface area contributed by atoms with Crippen LogP contribution in [0, 0.1) is 0 Å². The molecule has 10 heteroatoms. The highest BCUT2D eigenvalue weighted by Gasteiger charge is 2.10. The smallest absolute Gasteiger partial charge is 0.308 e. The number of amides is 2. The van der Waals surface area contributed by atoms with Crippen molar-refractivity contribution >= 4 is 59.9 Å². The summed E-state index contributed by atoms with van der Waals surface area (Å²) in [6.45, 7) is 1.45. The number of anilines is 3. The van der Waals surface area contributed by atoms with E-state index >= 15 is 0 Å². The molecule has 0 bridgehead atoms. The third kappa shape index (κ3) is 5.02. The van der Waals surface area contributed by atoms with E-state index in [1.807, 2.05) is 0 Å². The molecule has 140 valence electrons. The van der Waals surface area contributed by atoms with Gasteiger partial charge in [0.2, 0.25) is 10.0 Å². The van der Waals surface area contributed by atoms with Crippen molar-refractivity contribution in [3.8, 4) is 0 Å². The molecule has 0 fully saturated rings. The second-order valence-electron chi connectivity index (χ2n) is 5.79. The van der Waals surface area contributed by atoms with Crippen molar-refractivity contribution in [3.63, 3.8) is 0 Å². The molecule has 0 atom stereocenters. The summed E-state index contributed by atoms with van der Waals surface area (Å²) in [6, 6.07) is 11.2. The molecule has 3 rings (SSSR count). The largest absolute Gasteiger partial charge is 0.323 e. The number of ketones is 1. The maximum absolute atomic E-state index is 12.2. The van der Waals surface area contributed by atoms with Crippen LogP contribution in [0.25, 0.3) is 10.2 Å². The minimum absolute atomic E-state index is 0.0912. The Morgan fingerprint density at radius 2 is 1.74 bits per heavy atom. The molecule has 1 aromatic heterocycles. The number of nitrogens with zero attached hydrogens (tertiary/aromatic N) is 1. The topological polar surface area (TPSA) is 117 Å². The molecule has 1 heterocycles. The molecular weight excluding hydrogens is 388 g/mol. The first-order valence-electron chi connectivity index (χ1n) is 7.77. The van der Waals surface area contributed by atoms with Crippen molar-refractivity contribution in [1.82, 2.24) is 4.98 Å². The minimum atomic E-state index is -3.40. The Hall–Kier alpha value is -2.98. The summed E-state index contributed by atoms with van der Waals surface area (Å²) >= 11 is 1.20. The number of sulfonamides is 1. The fourth-order valence-corrected chi connectivity index (χ4v) is 4.00. The summed E-state index contributed by atoms with van der Waals surface area (Å²) in [5, 5.41) is 5.60. The number of hydrogen-bond donors (Lipinski definition) is 3. The molecule has 3 aromatic rings. The van der Waals surface area contributed by atoms with E-state index < -0.39 is 16.1 Å². The highest BCUT2D eigenvalue weighted by atomic mass is 32.2. The van der Waals surface area contributed by atoms with Gasteiger partial charge in [0.1, 0.15) is 0 Å². The summed E-state index contributed by atoms with van der Waals surface area (Å²) in [7, 11) is -3.40. The molecule has 2 aromatic carbocycles. The number of carbonyl (C=O) groups is 2. The van der Waals surface area contributed by atoms with Crippen molar-refractivity contribution in [3.05, 3.63) is 48.0 Å². The number of carbonyl (C=O) groups excluding carboxylic acids is 2. The summed E-state index contributed by atoms with van der Waals surface area (Å²) in [4.78, 5) is 27.8. The molecule has 0 radical (unpaired) electrons. The molecule has 2 amide bonds. The quantitative estimate of drug-likeness (QED) is 0.563. The normalized spacial score (nSPS) is 11.2. The third-order valence-corrected chi connectivity index (χ3v) is 5.09. The number of fused-ring (bicyclic) bond motifs is 1. The number of thiazole rings is 1. The lowest BCUT2D eigenvalue weighted by atomic mass is 10.1. The average molecular weight is 404 g/mol. The molecule has 0 aliphatic carbocycles. The molecule has 27 heavy (non-hydrogen) atoms. The van der Waals surface area contributed by atoms with Crippen LogP contribution in [0.1, 0.15) is 17.3 Å². The van der Waals surface area contributed by atoms with Gasteiger partial charge in [0.15, 0.2) is 10.9 Å². The van der Waals surface area contributed by atoms with Gasteiger partial charge in [-0.2, -0.15) is 0 Å². The van der Waals surface area contributed by atoms with Gasteiger partial charge >= 0.3 is 6.03 Å². The summed E-state index contributed by atoms with van der Waals surface area (Å²) in [6.07, 6.45) is 1.05. The van der Waals surface area contributed by atoms with Crippen LogP contribution >= 0.6 is 11.3 Å². The average Bonchev–Trinajstić information content (AvgIpc) is 2.94. The SMILES string of the molecule is CC(=O)c1cccc(NC(=O)Nc2ccc3sc(NS(C)(=O)=O)nc3c2)c1. The van der Waals surface area contributed by atoms with Gasteiger partial charge in [-0.15, -0.1) is 0 Å². The van der Waals surface area contributed by atoms with Crippen LogP contribution in [-0.4, -0.2) is 31.5 Å². The lowest BCUT2D eigenvalue weighted by molar-refractivity contribution is 0.101. The number of Topliss-reactive ketones (excluding diaryl/α,β-unsaturated/α-hetero) is 1. The molecule has 8 nitrogen and oxygen atoms in total. The zero-order valence-electron chi connectivity index (χ0n) is 14.4. The zero-order valence-corrected chi connectivity index (χ0v) is 16.1. The first kappa shape index (κ1) is 18.8. The van der Waals surface area contributed by atoms with Gasteiger partial charge in [0.05, 0.1) is 16.5 Å². The monoisotopic (exact) mass is 404 g/mol. The first-order chi connectivity index (χ1) is 12.7. The molecule has 0 saturated carbocycles. The van der Waals surface area contributed by atoms with Crippen LogP contribution in [0.2, 0.25) is 0 Å². The van der Waals surface area contributed by atoms with E-state index in [-0.39, 0.29) is 10.9 Å². The highest BCUT2D eigenvalue weighted by molar-refractivity contribution is 7.92. The van der Waals surface area contributed by atoms with Crippen LogP contribution in [0.3, 0.4) is 0 Å². The van der Waals surface area contributed by atoms with E-state index in [2.05, 4.69) is 20.3 Å². The predicted octanol–water partition coefficient (Wildman–Crippen LogP) is 3.51. The number of benzene rings is 2. The van der Waals surface area contributed by atoms with Crippen LogP contribution in [-0.2, 0) is 10.0 Å². The third-order valence-electron chi connectivity index (χ3n) is 3.45. The number of rotatable bonds is 5. The van der Waals surface area contributed by atoms with Gasteiger partial charge in [-0.1, -0.05) is 23.5 Å². The van der Waals surface area contributed by atoms with Gasteiger partial charge in [-0.25, -0.2) is 18.2 Å². The lowest BCUT2D eigenvalue weighted by Crippen LogP contribution is -2.19. The summed E-state index contributed by atoms with van der Waals surface area (Å²) in [5.41, 5.74) is 2.05. The van der Waals surface area contributed by atoms with E-state index in [1.54, 1.807) is 42.5 Å². The van der Waals surface area contributed by atoms with Crippen LogP contribution in [0.15, 0.2) is 42.5 Å². The van der Waals surface area contributed by atoms with Crippen molar-refractivity contribution in [1.29, 1.82) is 0 Å². The number of hydrogen-bond acceptors (Lipinski definition) is 6. The maximum atomic E-state index is 12.2. The Bertz CT molecular complexity index is 1140. The fraction of sp³-hybridized carbons (Fsp3) is 0.118.